The van der Waals surface area contributed by atoms with Crippen molar-refractivity contribution in [1.29, 1.82) is 0 Å². The first-order valence-corrected chi connectivity index (χ1v) is 2.22. The van der Waals surface area contributed by atoms with E-state index in [1.165, 1.54) is 6.92 Å². The fourth-order valence-corrected chi connectivity index (χ4v) is 0.206. The first-order valence-electron chi connectivity index (χ1n) is 2.22. The first-order chi connectivity index (χ1) is 3.55. The molecule has 9 heavy (non-hydrogen) atoms. The molecule has 5 heteroatoms. The molecule has 0 aromatic heterocycles. The van der Waals surface area contributed by atoms with Crippen LogP contribution in [-0.4, -0.2) is 47.2 Å². The summed E-state index contributed by atoms with van der Waals surface area (Å²) in [6.07, 6.45) is -0.979. The van der Waals surface area contributed by atoms with Gasteiger partial charge in [-0.15, -0.1) is 0 Å². The fourth-order valence-electron chi connectivity index (χ4n) is 0.206. The second-order valence-corrected chi connectivity index (χ2v) is 1.60. The SMILES string of the molecule is CC(O)C(N)C(=O)O.[LiH]. The Hall–Kier alpha value is -0.0126. The van der Waals surface area contributed by atoms with Crippen LogP contribution in [0.4, 0.5) is 0 Å². The summed E-state index contributed by atoms with van der Waals surface area (Å²) in [4.78, 5) is 9.86. The Balaban J connectivity index is 0. The number of hydrogen-bond acceptors (Lipinski definition) is 3. The number of aliphatic carboxylic acids is 1. The summed E-state index contributed by atoms with van der Waals surface area (Å²) in [5.41, 5.74) is 4.91. The van der Waals surface area contributed by atoms with Crippen molar-refractivity contribution in [3.63, 3.8) is 0 Å². The second kappa shape index (κ2) is 4.83. The zero-order chi connectivity index (χ0) is 6.73. The van der Waals surface area contributed by atoms with E-state index in [2.05, 4.69) is 0 Å². The van der Waals surface area contributed by atoms with Crippen molar-refractivity contribution < 1.29 is 15.0 Å². The van der Waals surface area contributed by atoms with Gasteiger partial charge in [0.2, 0.25) is 0 Å². The van der Waals surface area contributed by atoms with Gasteiger partial charge in [0.25, 0.3) is 0 Å². The predicted octanol–water partition coefficient (Wildman–Crippen LogP) is -1.87. The van der Waals surface area contributed by atoms with Crippen LogP contribution in [0.5, 0.6) is 0 Å². The minimum absolute atomic E-state index is 0. The molecular formula is C4H10LiNO3. The molecule has 0 rings (SSSR count). The van der Waals surface area contributed by atoms with Gasteiger partial charge in [-0.3, -0.25) is 4.79 Å². The van der Waals surface area contributed by atoms with Gasteiger partial charge in [0.05, 0.1) is 6.10 Å². The Morgan fingerprint density at radius 3 is 2.00 bits per heavy atom. The molecule has 0 heterocycles. The maximum absolute atomic E-state index is 9.86. The number of aliphatic hydroxyl groups excluding tert-OH is 1. The summed E-state index contributed by atoms with van der Waals surface area (Å²) in [7, 11) is 0. The Kier molecular flexibility index (Phi) is 6.30. The van der Waals surface area contributed by atoms with Gasteiger partial charge in [-0.05, 0) is 6.92 Å². The van der Waals surface area contributed by atoms with Gasteiger partial charge < -0.3 is 15.9 Å². The van der Waals surface area contributed by atoms with Crippen molar-refractivity contribution in [1.82, 2.24) is 0 Å². The third-order valence-electron chi connectivity index (χ3n) is 0.805. The molecule has 0 aliphatic heterocycles. The van der Waals surface area contributed by atoms with Gasteiger partial charge in [0.1, 0.15) is 6.04 Å². The van der Waals surface area contributed by atoms with Crippen LogP contribution in [0, 0.1) is 0 Å². The molecule has 4 N–H and O–H groups in total. The molecule has 0 saturated heterocycles. The van der Waals surface area contributed by atoms with Gasteiger partial charge >= 0.3 is 24.8 Å². The van der Waals surface area contributed by atoms with E-state index < -0.39 is 18.1 Å². The third-order valence-corrected chi connectivity index (χ3v) is 0.805. The average molecular weight is 127 g/mol. The Bertz CT molecular complexity index is 95.8. The second-order valence-electron chi connectivity index (χ2n) is 1.60. The summed E-state index contributed by atoms with van der Waals surface area (Å²) in [5, 5.41) is 16.6. The van der Waals surface area contributed by atoms with E-state index >= 15 is 0 Å². The maximum atomic E-state index is 9.86. The van der Waals surface area contributed by atoms with Gasteiger partial charge in [-0.25, -0.2) is 0 Å². The molecule has 0 spiro atoms. The van der Waals surface area contributed by atoms with Gasteiger partial charge in [-0.2, -0.15) is 0 Å². The molecule has 50 valence electrons. The van der Waals surface area contributed by atoms with Crippen molar-refractivity contribution >= 4 is 24.8 Å². The molecule has 2 atom stereocenters. The number of carboxylic acids is 1. The van der Waals surface area contributed by atoms with E-state index in [-0.39, 0.29) is 18.9 Å². The van der Waals surface area contributed by atoms with Crippen molar-refractivity contribution in [2.45, 2.75) is 19.1 Å². The van der Waals surface area contributed by atoms with Crippen LogP contribution in [0.1, 0.15) is 6.92 Å². The number of rotatable bonds is 2. The Morgan fingerprint density at radius 1 is 1.67 bits per heavy atom. The monoisotopic (exact) mass is 127 g/mol. The number of carbonyl (C=O) groups is 1. The zero-order valence-corrected chi connectivity index (χ0v) is 4.53. The topological polar surface area (TPSA) is 83.5 Å². The van der Waals surface area contributed by atoms with Gasteiger partial charge in [-0.1, -0.05) is 0 Å². The average Bonchev–Trinajstić information content (AvgIpc) is 1.64. The van der Waals surface area contributed by atoms with Crippen LogP contribution in [0.3, 0.4) is 0 Å². The van der Waals surface area contributed by atoms with Gasteiger partial charge in [0.15, 0.2) is 0 Å². The van der Waals surface area contributed by atoms with Crippen LogP contribution in [0.2, 0.25) is 0 Å². The molecule has 0 aromatic carbocycles. The van der Waals surface area contributed by atoms with E-state index in [9.17, 15) is 4.79 Å². The third kappa shape index (κ3) is 4.49. The number of nitrogens with two attached hydrogens (primary N) is 1. The summed E-state index contributed by atoms with van der Waals surface area (Å²) < 4.78 is 0. The molecule has 0 aliphatic carbocycles. The Labute approximate surface area is 65.2 Å². The van der Waals surface area contributed by atoms with E-state index in [1.54, 1.807) is 0 Å². The molecular weight excluding hydrogens is 117 g/mol. The molecule has 0 aliphatic rings. The van der Waals surface area contributed by atoms with Crippen LogP contribution in [0.15, 0.2) is 0 Å². The zero-order valence-electron chi connectivity index (χ0n) is 4.53. The fraction of sp³-hybridized carbons (Fsp3) is 0.750. The van der Waals surface area contributed by atoms with Crippen LogP contribution >= 0.6 is 0 Å². The van der Waals surface area contributed by atoms with Crippen molar-refractivity contribution in [2.75, 3.05) is 0 Å². The quantitative estimate of drug-likeness (QED) is 0.379. The molecule has 0 saturated carbocycles. The normalized spacial score (nSPS) is 15.4. The summed E-state index contributed by atoms with van der Waals surface area (Å²) in [5.74, 6) is -1.18. The molecule has 0 amide bonds. The number of hydrogen-bond donors (Lipinski definition) is 3. The summed E-state index contributed by atoms with van der Waals surface area (Å²) in [6, 6.07) is -1.16. The van der Waals surface area contributed by atoms with Crippen molar-refractivity contribution in [3.05, 3.63) is 0 Å². The Morgan fingerprint density at radius 2 is 2.00 bits per heavy atom. The minimum atomic E-state index is -1.18. The van der Waals surface area contributed by atoms with E-state index in [4.69, 9.17) is 15.9 Å². The van der Waals surface area contributed by atoms with Crippen LogP contribution in [-0.2, 0) is 4.79 Å². The first kappa shape index (κ1) is 11.7. The van der Waals surface area contributed by atoms with E-state index in [1.807, 2.05) is 0 Å². The molecule has 2 unspecified atom stereocenters. The standard InChI is InChI=1S/C4H9NO3.Li.H/c1-2(6)3(5)4(7)8;;/h2-3,6H,5H2,1H3,(H,7,8);;. The van der Waals surface area contributed by atoms with E-state index in [0.29, 0.717) is 0 Å². The van der Waals surface area contributed by atoms with Crippen molar-refractivity contribution in [2.24, 2.45) is 5.73 Å². The predicted molar refractivity (Wildman–Crippen MR) is 34.4 cm³/mol. The molecule has 0 bridgehead atoms. The van der Waals surface area contributed by atoms with Gasteiger partial charge in [0, 0.05) is 0 Å². The summed E-state index contributed by atoms with van der Waals surface area (Å²) >= 11 is 0. The number of carboxylic acid groups (broad SMARTS) is 1. The van der Waals surface area contributed by atoms with Crippen LogP contribution in [0.25, 0.3) is 0 Å². The number of aliphatic hydroxyl groups is 1. The van der Waals surface area contributed by atoms with E-state index in [0.717, 1.165) is 0 Å². The molecule has 0 aromatic rings. The van der Waals surface area contributed by atoms with Crippen molar-refractivity contribution in [3.8, 4) is 0 Å². The molecule has 0 radical (unpaired) electrons. The van der Waals surface area contributed by atoms with Crippen LogP contribution < -0.4 is 5.73 Å². The molecule has 4 nitrogen and oxygen atoms in total. The summed E-state index contributed by atoms with van der Waals surface area (Å²) in [6.45, 7) is 1.33. The molecule has 0 fully saturated rings.